The third-order valence-electron chi connectivity index (χ3n) is 2.43. The maximum atomic E-state index is 10.9. The van der Waals surface area contributed by atoms with Crippen LogP contribution in [0.25, 0.3) is 0 Å². The molecule has 0 aliphatic heterocycles. The van der Waals surface area contributed by atoms with E-state index in [1.165, 1.54) is 6.92 Å². The summed E-state index contributed by atoms with van der Waals surface area (Å²) < 4.78 is 0. The molecule has 0 aromatic carbocycles. The van der Waals surface area contributed by atoms with Crippen molar-refractivity contribution in [1.82, 2.24) is 5.32 Å². The van der Waals surface area contributed by atoms with Crippen LogP contribution in [0, 0.1) is 4.91 Å². The van der Waals surface area contributed by atoms with Gasteiger partial charge in [-0.05, 0) is 25.3 Å². The van der Waals surface area contributed by atoms with E-state index in [1.54, 1.807) is 0 Å². The largest absolute Gasteiger partial charge is 0.350 e. The number of carbonyl (C=O) groups is 1. The van der Waals surface area contributed by atoms with E-state index in [0.29, 0.717) is 11.5 Å². The third-order valence-corrected chi connectivity index (χ3v) is 2.98. The summed E-state index contributed by atoms with van der Waals surface area (Å²) in [5.41, 5.74) is 0.845. The Labute approximate surface area is 87.7 Å². The zero-order valence-corrected chi connectivity index (χ0v) is 8.97. The van der Waals surface area contributed by atoms with E-state index in [1.807, 2.05) is 6.92 Å². The molecule has 1 aliphatic rings. The van der Waals surface area contributed by atoms with Crippen molar-refractivity contribution in [2.75, 3.05) is 0 Å². The Hall–Kier alpha value is -0.900. The summed E-state index contributed by atoms with van der Waals surface area (Å²) in [6.45, 7) is 3.28. The molecule has 0 aromatic rings. The molecule has 1 amide bonds. The van der Waals surface area contributed by atoms with Crippen LogP contribution >= 0.6 is 11.6 Å². The second-order valence-electron chi connectivity index (χ2n) is 3.48. The van der Waals surface area contributed by atoms with Crippen LogP contribution in [0.5, 0.6) is 0 Å². The van der Waals surface area contributed by atoms with Crippen LogP contribution in [0.3, 0.4) is 0 Å². The molecular weight excluding hydrogens is 204 g/mol. The van der Waals surface area contributed by atoms with Crippen molar-refractivity contribution in [3.05, 3.63) is 15.5 Å². The monoisotopic (exact) mass is 216 g/mol. The van der Waals surface area contributed by atoms with Gasteiger partial charge in [0.15, 0.2) is 0 Å². The van der Waals surface area contributed by atoms with Crippen molar-refractivity contribution in [2.24, 2.45) is 5.18 Å². The molecule has 2 unspecified atom stereocenters. The first-order chi connectivity index (χ1) is 6.56. The van der Waals surface area contributed by atoms with Crippen molar-refractivity contribution in [2.45, 2.75) is 38.8 Å². The SMILES string of the molecule is CC(=O)NC1CCC(N=O)C(Cl)=C1C. The second kappa shape index (κ2) is 4.55. The maximum absolute atomic E-state index is 10.9. The highest BCUT2D eigenvalue weighted by atomic mass is 35.5. The van der Waals surface area contributed by atoms with Gasteiger partial charge in [0.25, 0.3) is 0 Å². The topological polar surface area (TPSA) is 58.5 Å². The lowest BCUT2D eigenvalue weighted by Crippen LogP contribution is -2.37. The van der Waals surface area contributed by atoms with Crippen LogP contribution < -0.4 is 5.32 Å². The van der Waals surface area contributed by atoms with Crippen molar-refractivity contribution in [3.63, 3.8) is 0 Å². The van der Waals surface area contributed by atoms with Crippen molar-refractivity contribution in [1.29, 1.82) is 0 Å². The zero-order chi connectivity index (χ0) is 10.7. The minimum absolute atomic E-state index is 0.0435. The van der Waals surface area contributed by atoms with Gasteiger partial charge in [-0.2, -0.15) is 4.91 Å². The van der Waals surface area contributed by atoms with Crippen LogP contribution in [-0.2, 0) is 4.79 Å². The van der Waals surface area contributed by atoms with E-state index in [0.717, 1.165) is 12.0 Å². The molecule has 1 rings (SSSR count). The van der Waals surface area contributed by atoms with Gasteiger partial charge in [-0.1, -0.05) is 16.8 Å². The predicted octanol–water partition coefficient (Wildman–Crippen LogP) is 1.93. The van der Waals surface area contributed by atoms with Crippen LogP contribution in [0.1, 0.15) is 26.7 Å². The lowest BCUT2D eigenvalue weighted by atomic mass is 9.92. The average Bonchev–Trinajstić information content (AvgIpc) is 2.13. The van der Waals surface area contributed by atoms with Crippen LogP contribution in [0.4, 0.5) is 0 Å². The Bertz CT molecular complexity index is 289. The Kier molecular flexibility index (Phi) is 3.63. The van der Waals surface area contributed by atoms with Crippen LogP contribution in [0.15, 0.2) is 15.8 Å². The first-order valence-corrected chi connectivity index (χ1v) is 4.89. The van der Waals surface area contributed by atoms with Crippen molar-refractivity contribution >= 4 is 17.5 Å². The van der Waals surface area contributed by atoms with E-state index < -0.39 is 6.04 Å². The normalized spacial score (nSPS) is 27.4. The highest BCUT2D eigenvalue weighted by Gasteiger charge is 2.27. The fraction of sp³-hybridized carbons (Fsp3) is 0.667. The van der Waals surface area contributed by atoms with Crippen LogP contribution in [0.2, 0.25) is 0 Å². The molecule has 0 aromatic heterocycles. The van der Waals surface area contributed by atoms with Gasteiger partial charge in [0.1, 0.15) is 6.04 Å². The summed E-state index contributed by atoms with van der Waals surface area (Å²) in [5.74, 6) is -0.0867. The van der Waals surface area contributed by atoms with Gasteiger partial charge >= 0.3 is 0 Å². The fourth-order valence-corrected chi connectivity index (χ4v) is 1.90. The molecule has 14 heavy (non-hydrogen) atoms. The van der Waals surface area contributed by atoms with Gasteiger partial charge in [0.2, 0.25) is 5.91 Å². The molecule has 1 N–H and O–H groups in total. The second-order valence-corrected chi connectivity index (χ2v) is 3.89. The summed E-state index contributed by atoms with van der Waals surface area (Å²) >= 11 is 5.95. The number of nitrogens with zero attached hydrogens (tertiary/aromatic N) is 1. The van der Waals surface area contributed by atoms with Crippen LogP contribution in [-0.4, -0.2) is 18.0 Å². The van der Waals surface area contributed by atoms with Gasteiger partial charge in [0.05, 0.1) is 6.04 Å². The molecule has 1 aliphatic carbocycles. The van der Waals surface area contributed by atoms with E-state index in [-0.39, 0.29) is 11.9 Å². The summed E-state index contributed by atoms with van der Waals surface area (Å²) in [6.07, 6.45) is 1.32. The first kappa shape index (κ1) is 11.2. The number of hydrogen-bond acceptors (Lipinski definition) is 3. The van der Waals surface area contributed by atoms with Crippen molar-refractivity contribution < 1.29 is 4.79 Å². The van der Waals surface area contributed by atoms with E-state index in [4.69, 9.17) is 11.6 Å². The fourth-order valence-electron chi connectivity index (χ4n) is 1.62. The highest BCUT2D eigenvalue weighted by Crippen LogP contribution is 2.29. The van der Waals surface area contributed by atoms with E-state index >= 15 is 0 Å². The lowest BCUT2D eigenvalue weighted by molar-refractivity contribution is -0.119. The molecular formula is C9H13ClN2O2. The Morgan fingerprint density at radius 3 is 2.71 bits per heavy atom. The third kappa shape index (κ3) is 2.32. The van der Waals surface area contributed by atoms with E-state index in [2.05, 4.69) is 10.5 Å². The summed E-state index contributed by atoms with van der Waals surface area (Å²) in [4.78, 5) is 21.2. The number of rotatable bonds is 2. The standard InChI is InChI=1S/C9H13ClN2O2/c1-5-7(11-6(2)13)3-4-8(12-14)9(5)10/h7-8H,3-4H2,1-2H3,(H,11,13). The molecule has 0 spiro atoms. The summed E-state index contributed by atoms with van der Waals surface area (Å²) in [6, 6.07) is -0.473. The summed E-state index contributed by atoms with van der Waals surface area (Å²) in [5, 5.41) is 6.20. The molecule has 78 valence electrons. The molecule has 0 bridgehead atoms. The van der Waals surface area contributed by atoms with Gasteiger partial charge in [0, 0.05) is 12.0 Å². The molecule has 0 heterocycles. The molecule has 0 radical (unpaired) electrons. The van der Waals surface area contributed by atoms with Gasteiger partial charge in [-0.15, -0.1) is 0 Å². The van der Waals surface area contributed by atoms with Crippen molar-refractivity contribution in [3.8, 4) is 0 Å². The highest BCUT2D eigenvalue weighted by molar-refractivity contribution is 6.30. The molecule has 0 saturated carbocycles. The average molecular weight is 217 g/mol. The van der Waals surface area contributed by atoms with E-state index in [9.17, 15) is 9.70 Å². The first-order valence-electron chi connectivity index (χ1n) is 4.52. The number of halogens is 1. The lowest BCUT2D eigenvalue weighted by Gasteiger charge is -2.26. The number of amides is 1. The number of nitrogens with one attached hydrogen (secondary N) is 1. The van der Waals surface area contributed by atoms with Gasteiger partial charge in [-0.3, -0.25) is 4.79 Å². The minimum atomic E-state index is -0.429. The summed E-state index contributed by atoms with van der Waals surface area (Å²) in [7, 11) is 0. The maximum Gasteiger partial charge on any atom is 0.217 e. The van der Waals surface area contributed by atoms with Gasteiger partial charge in [-0.25, -0.2) is 0 Å². The molecule has 2 atom stereocenters. The quantitative estimate of drug-likeness (QED) is 0.717. The minimum Gasteiger partial charge on any atom is -0.350 e. The molecule has 0 fully saturated rings. The molecule has 0 saturated heterocycles. The Morgan fingerprint density at radius 1 is 1.57 bits per heavy atom. The molecule has 5 heteroatoms. The predicted molar refractivity (Wildman–Crippen MR) is 55.0 cm³/mol. The number of hydrogen-bond donors (Lipinski definition) is 1. The Balaban J connectivity index is 2.80. The smallest absolute Gasteiger partial charge is 0.217 e. The zero-order valence-electron chi connectivity index (χ0n) is 8.21. The number of nitroso groups, excluding NO2 is 1. The Morgan fingerprint density at radius 2 is 2.21 bits per heavy atom. The molecule has 4 nitrogen and oxygen atoms in total. The van der Waals surface area contributed by atoms with Gasteiger partial charge < -0.3 is 5.32 Å². The number of carbonyl (C=O) groups excluding carboxylic acids is 1.